The lowest BCUT2D eigenvalue weighted by molar-refractivity contribution is 0.222. The SMILES string of the molecule is COc1ccc([C@H]2C3=C(Nc4nc(SC)nn42)c2ccccc2O[C@H]3c2ccc(OC)c(OC)c2)cc1. The van der Waals surface area contributed by atoms with Gasteiger partial charge in [0.1, 0.15) is 23.6 Å². The average molecular weight is 515 g/mol. The fourth-order valence-corrected chi connectivity index (χ4v) is 5.29. The summed E-state index contributed by atoms with van der Waals surface area (Å²) in [6, 6.07) is 21.7. The number of fused-ring (bicyclic) bond motifs is 3. The molecule has 0 amide bonds. The predicted molar refractivity (Wildman–Crippen MR) is 143 cm³/mol. The third-order valence-electron chi connectivity index (χ3n) is 6.68. The Balaban J connectivity index is 1.60. The van der Waals surface area contributed by atoms with Gasteiger partial charge in [-0.15, -0.1) is 5.10 Å². The molecule has 4 aromatic rings. The van der Waals surface area contributed by atoms with Crippen molar-refractivity contribution < 1.29 is 18.9 Å². The van der Waals surface area contributed by atoms with E-state index in [4.69, 9.17) is 29.0 Å². The van der Waals surface area contributed by atoms with Crippen LogP contribution in [0.2, 0.25) is 0 Å². The molecule has 2 aliphatic rings. The zero-order chi connectivity index (χ0) is 25.5. The highest BCUT2D eigenvalue weighted by atomic mass is 32.2. The van der Waals surface area contributed by atoms with Crippen LogP contribution in [0.1, 0.15) is 28.8 Å². The minimum absolute atomic E-state index is 0.267. The molecule has 0 saturated carbocycles. The first-order valence-corrected chi connectivity index (χ1v) is 13.0. The molecular weight excluding hydrogens is 488 g/mol. The number of rotatable bonds is 6. The van der Waals surface area contributed by atoms with E-state index in [1.54, 1.807) is 21.3 Å². The summed E-state index contributed by atoms with van der Waals surface area (Å²) in [5, 5.41) is 9.12. The van der Waals surface area contributed by atoms with Gasteiger partial charge in [-0.1, -0.05) is 42.1 Å². The van der Waals surface area contributed by atoms with E-state index < -0.39 is 6.10 Å². The second-order valence-corrected chi connectivity index (χ2v) is 9.38. The molecule has 0 radical (unpaired) electrons. The molecule has 3 heterocycles. The Morgan fingerprint density at radius 2 is 1.65 bits per heavy atom. The van der Waals surface area contributed by atoms with Crippen molar-refractivity contribution in [1.29, 1.82) is 0 Å². The van der Waals surface area contributed by atoms with Crippen LogP contribution in [0.4, 0.5) is 5.95 Å². The minimum atomic E-state index is -0.417. The first-order valence-electron chi connectivity index (χ1n) is 11.8. The maximum absolute atomic E-state index is 6.72. The minimum Gasteiger partial charge on any atom is -0.497 e. The van der Waals surface area contributed by atoms with Crippen molar-refractivity contribution in [1.82, 2.24) is 14.8 Å². The van der Waals surface area contributed by atoms with E-state index in [9.17, 15) is 0 Å². The highest BCUT2D eigenvalue weighted by molar-refractivity contribution is 7.98. The number of anilines is 1. The number of nitrogens with zero attached hydrogens (tertiary/aromatic N) is 3. The lowest BCUT2D eigenvalue weighted by atomic mass is 9.84. The van der Waals surface area contributed by atoms with E-state index in [2.05, 4.69) is 23.5 Å². The summed E-state index contributed by atoms with van der Waals surface area (Å²) < 4.78 is 25.2. The van der Waals surface area contributed by atoms with Gasteiger partial charge in [0.05, 0.1) is 27.0 Å². The smallest absolute Gasteiger partial charge is 0.227 e. The largest absolute Gasteiger partial charge is 0.497 e. The molecule has 0 bridgehead atoms. The Morgan fingerprint density at radius 3 is 2.38 bits per heavy atom. The Hall–Kier alpha value is -4.11. The number of para-hydroxylation sites is 1. The lowest BCUT2D eigenvalue weighted by Gasteiger charge is -2.39. The molecule has 0 spiro atoms. The van der Waals surface area contributed by atoms with E-state index >= 15 is 0 Å². The van der Waals surface area contributed by atoms with Crippen LogP contribution in [0.15, 0.2) is 77.5 Å². The molecule has 0 fully saturated rings. The van der Waals surface area contributed by atoms with Crippen molar-refractivity contribution in [2.75, 3.05) is 32.9 Å². The number of aromatic nitrogens is 3. The summed E-state index contributed by atoms with van der Waals surface area (Å²) in [4.78, 5) is 4.76. The second-order valence-electron chi connectivity index (χ2n) is 8.61. The monoisotopic (exact) mass is 514 g/mol. The highest BCUT2D eigenvalue weighted by Gasteiger charge is 2.41. The van der Waals surface area contributed by atoms with Crippen molar-refractivity contribution in [2.45, 2.75) is 17.3 Å². The average Bonchev–Trinajstić information content (AvgIpc) is 3.38. The first-order chi connectivity index (χ1) is 18.1. The standard InChI is InChI=1S/C28H26N4O4S/c1-33-18-12-9-16(10-13-18)25-23-24(29-27-30-28(37-4)31-32(25)27)19-7-5-6-8-20(19)36-26(23)17-11-14-21(34-2)22(15-17)35-3/h5-15,25-26H,1-4H3,(H,29,30,31)/t25-,26-/m0/s1. The fraction of sp³-hybridized carbons (Fsp3) is 0.214. The van der Waals surface area contributed by atoms with Gasteiger partial charge < -0.3 is 24.3 Å². The van der Waals surface area contributed by atoms with Gasteiger partial charge in [0.2, 0.25) is 11.1 Å². The van der Waals surface area contributed by atoms with E-state index in [1.165, 1.54) is 11.8 Å². The van der Waals surface area contributed by atoms with Crippen molar-refractivity contribution in [3.05, 3.63) is 89.0 Å². The van der Waals surface area contributed by atoms with Gasteiger partial charge in [-0.05, 0) is 48.2 Å². The molecule has 3 aromatic carbocycles. The lowest BCUT2D eigenvalue weighted by Crippen LogP contribution is -2.32. The van der Waals surface area contributed by atoms with Crippen molar-refractivity contribution >= 4 is 23.4 Å². The number of benzene rings is 3. The van der Waals surface area contributed by atoms with Gasteiger partial charge in [0, 0.05) is 16.7 Å². The van der Waals surface area contributed by atoms with E-state index in [0.29, 0.717) is 22.6 Å². The molecule has 0 saturated heterocycles. The maximum Gasteiger partial charge on any atom is 0.227 e. The van der Waals surface area contributed by atoms with Gasteiger partial charge in [-0.3, -0.25) is 0 Å². The molecule has 1 aromatic heterocycles. The van der Waals surface area contributed by atoms with Crippen LogP contribution in [0.25, 0.3) is 5.70 Å². The first kappa shape index (κ1) is 23.3. The van der Waals surface area contributed by atoms with Crippen LogP contribution in [0, 0.1) is 0 Å². The number of hydrogen-bond donors (Lipinski definition) is 1. The topological polar surface area (TPSA) is 79.7 Å². The van der Waals surface area contributed by atoms with Crippen LogP contribution in [-0.4, -0.2) is 42.3 Å². The quantitative estimate of drug-likeness (QED) is 0.334. The van der Waals surface area contributed by atoms with E-state index in [0.717, 1.165) is 39.5 Å². The number of hydrogen-bond acceptors (Lipinski definition) is 8. The molecule has 0 unspecified atom stereocenters. The molecule has 9 heteroatoms. The van der Waals surface area contributed by atoms with E-state index in [-0.39, 0.29) is 6.04 Å². The number of nitrogens with one attached hydrogen (secondary N) is 1. The summed E-state index contributed by atoms with van der Waals surface area (Å²) in [5.41, 5.74) is 4.96. The molecule has 0 aliphatic carbocycles. The Bertz CT molecular complexity index is 1500. The van der Waals surface area contributed by atoms with Crippen LogP contribution >= 0.6 is 11.8 Å². The van der Waals surface area contributed by atoms with Crippen LogP contribution < -0.4 is 24.3 Å². The fourth-order valence-electron chi connectivity index (χ4n) is 4.94. The van der Waals surface area contributed by atoms with Gasteiger partial charge in [0.15, 0.2) is 11.5 Å². The number of methoxy groups -OCH3 is 3. The van der Waals surface area contributed by atoms with E-state index in [1.807, 2.05) is 59.5 Å². The predicted octanol–water partition coefficient (Wildman–Crippen LogP) is 5.59. The summed E-state index contributed by atoms with van der Waals surface area (Å²) in [5.74, 6) is 3.57. The Morgan fingerprint density at radius 1 is 0.892 bits per heavy atom. The third-order valence-corrected chi connectivity index (χ3v) is 7.22. The maximum atomic E-state index is 6.72. The number of ether oxygens (including phenoxy) is 4. The van der Waals surface area contributed by atoms with Gasteiger partial charge in [-0.25, -0.2) is 4.68 Å². The molecule has 2 atom stereocenters. The molecule has 2 aliphatic heterocycles. The third kappa shape index (κ3) is 3.86. The zero-order valence-corrected chi connectivity index (χ0v) is 21.7. The van der Waals surface area contributed by atoms with Gasteiger partial charge >= 0.3 is 0 Å². The second kappa shape index (κ2) is 9.40. The molecule has 1 N–H and O–H groups in total. The van der Waals surface area contributed by atoms with Crippen molar-refractivity contribution in [3.63, 3.8) is 0 Å². The Labute approximate surface area is 219 Å². The highest BCUT2D eigenvalue weighted by Crippen LogP contribution is 2.51. The number of thioether (sulfide) groups is 1. The van der Waals surface area contributed by atoms with Crippen LogP contribution in [0.5, 0.6) is 23.0 Å². The zero-order valence-electron chi connectivity index (χ0n) is 20.9. The molecular formula is C28H26N4O4S. The summed E-state index contributed by atoms with van der Waals surface area (Å²) in [6.07, 6.45) is 1.56. The van der Waals surface area contributed by atoms with Crippen molar-refractivity contribution in [3.8, 4) is 23.0 Å². The van der Waals surface area contributed by atoms with Crippen molar-refractivity contribution in [2.24, 2.45) is 0 Å². The normalized spacial score (nSPS) is 17.6. The molecule has 188 valence electrons. The summed E-state index contributed by atoms with van der Waals surface area (Å²) in [6.45, 7) is 0. The Kier molecular flexibility index (Phi) is 5.92. The van der Waals surface area contributed by atoms with Gasteiger partial charge in [-0.2, -0.15) is 4.98 Å². The van der Waals surface area contributed by atoms with Crippen LogP contribution in [0.3, 0.4) is 0 Å². The molecule has 37 heavy (non-hydrogen) atoms. The summed E-state index contributed by atoms with van der Waals surface area (Å²) in [7, 11) is 4.93. The summed E-state index contributed by atoms with van der Waals surface area (Å²) >= 11 is 1.51. The van der Waals surface area contributed by atoms with Gasteiger partial charge in [0.25, 0.3) is 0 Å². The molecule has 8 nitrogen and oxygen atoms in total. The van der Waals surface area contributed by atoms with Crippen LogP contribution in [-0.2, 0) is 0 Å². The molecule has 6 rings (SSSR count).